The van der Waals surface area contributed by atoms with Crippen LogP contribution in [-0.2, 0) is 16.1 Å². The Balaban J connectivity index is 1.71. The van der Waals surface area contributed by atoms with Crippen LogP contribution in [0.2, 0.25) is 0 Å². The number of aromatic nitrogens is 1. The largest absolute Gasteiger partial charge is 0.464 e. The van der Waals surface area contributed by atoms with Gasteiger partial charge in [-0.05, 0) is 25.5 Å². The summed E-state index contributed by atoms with van der Waals surface area (Å²) in [7, 11) is 0. The minimum atomic E-state index is -0.514. The number of hydrogen-bond donors (Lipinski definition) is 1. The lowest BCUT2D eigenvalue weighted by molar-refractivity contribution is -0.134. The zero-order valence-electron chi connectivity index (χ0n) is 11.5. The maximum atomic E-state index is 12.2. The number of carbonyl (C=O) groups is 2. The third-order valence-corrected chi connectivity index (χ3v) is 3.44. The summed E-state index contributed by atoms with van der Waals surface area (Å²) in [5.74, 6) is 1.47. The first-order chi connectivity index (χ1) is 10.1. The molecule has 3 rings (SSSR count). The van der Waals surface area contributed by atoms with Crippen LogP contribution in [0.4, 0.5) is 5.82 Å². The van der Waals surface area contributed by atoms with Gasteiger partial charge in [-0.1, -0.05) is 5.16 Å². The summed E-state index contributed by atoms with van der Waals surface area (Å²) in [6, 6.07) is 4.68. The number of rotatable bonds is 4. The standard InChI is InChI=1S/C14H15N3O4/c1-9-2-3-10(21-9)8-17-11(4-5-13(17)18)14(19)15-12-6-7-20-16-12/h2-3,6-7,11H,4-5,8H2,1H3,(H,15,16,19)/t11-/m0/s1. The average Bonchev–Trinajstić information content (AvgIpc) is 3.15. The SMILES string of the molecule is Cc1ccc(CN2C(=O)CC[C@H]2C(=O)Nc2ccon2)o1. The van der Waals surface area contributed by atoms with E-state index in [1.54, 1.807) is 6.07 Å². The van der Waals surface area contributed by atoms with Gasteiger partial charge in [-0.3, -0.25) is 9.59 Å². The lowest BCUT2D eigenvalue weighted by atomic mass is 10.2. The summed E-state index contributed by atoms with van der Waals surface area (Å²) in [5, 5.41) is 6.27. The minimum Gasteiger partial charge on any atom is -0.464 e. The predicted molar refractivity (Wildman–Crippen MR) is 72.1 cm³/mol. The zero-order valence-corrected chi connectivity index (χ0v) is 11.5. The van der Waals surface area contributed by atoms with Crippen molar-refractivity contribution in [3.8, 4) is 0 Å². The van der Waals surface area contributed by atoms with Crippen LogP contribution in [-0.4, -0.2) is 27.9 Å². The zero-order chi connectivity index (χ0) is 14.8. The molecule has 1 aliphatic rings. The number of nitrogens with one attached hydrogen (secondary N) is 1. The Morgan fingerprint density at radius 2 is 2.33 bits per heavy atom. The molecule has 1 N–H and O–H groups in total. The van der Waals surface area contributed by atoms with Crippen molar-refractivity contribution in [2.75, 3.05) is 5.32 Å². The molecule has 21 heavy (non-hydrogen) atoms. The fraction of sp³-hybridized carbons (Fsp3) is 0.357. The van der Waals surface area contributed by atoms with E-state index in [2.05, 4.69) is 15.0 Å². The van der Waals surface area contributed by atoms with E-state index >= 15 is 0 Å². The molecule has 0 unspecified atom stereocenters. The minimum absolute atomic E-state index is 0.0515. The van der Waals surface area contributed by atoms with Crippen LogP contribution in [0.5, 0.6) is 0 Å². The summed E-state index contributed by atoms with van der Waals surface area (Å²) in [4.78, 5) is 25.8. The third-order valence-electron chi connectivity index (χ3n) is 3.44. The Morgan fingerprint density at radius 1 is 1.48 bits per heavy atom. The maximum Gasteiger partial charge on any atom is 0.248 e. The first-order valence-corrected chi connectivity index (χ1v) is 6.69. The van der Waals surface area contributed by atoms with Crippen molar-refractivity contribution in [1.29, 1.82) is 0 Å². The molecule has 0 spiro atoms. The number of hydrogen-bond acceptors (Lipinski definition) is 5. The molecule has 110 valence electrons. The highest BCUT2D eigenvalue weighted by Crippen LogP contribution is 2.23. The molecule has 1 fully saturated rings. The summed E-state index contributed by atoms with van der Waals surface area (Å²) in [6.45, 7) is 2.13. The summed E-state index contributed by atoms with van der Waals surface area (Å²) in [5.41, 5.74) is 0. The van der Waals surface area contributed by atoms with Crippen molar-refractivity contribution in [3.63, 3.8) is 0 Å². The lowest BCUT2D eigenvalue weighted by Crippen LogP contribution is -2.41. The van der Waals surface area contributed by atoms with E-state index in [4.69, 9.17) is 4.42 Å². The smallest absolute Gasteiger partial charge is 0.248 e. The fourth-order valence-corrected chi connectivity index (χ4v) is 2.43. The molecule has 3 heterocycles. The van der Waals surface area contributed by atoms with Crippen molar-refractivity contribution in [1.82, 2.24) is 10.1 Å². The van der Waals surface area contributed by atoms with Crippen LogP contribution >= 0.6 is 0 Å². The van der Waals surface area contributed by atoms with E-state index in [1.165, 1.54) is 11.2 Å². The molecule has 1 saturated heterocycles. The van der Waals surface area contributed by atoms with E-state index in [1.807, 2.05) is 19.1 Å². The molecule has 2 aromatic rings. The van der Waals surface area contributed by atoms with E-state index in [9.17, 15) is 9.59 Å². The maximum absolute atomic E-state index is 12.2. The number of carbonyl (C=O) groups excluding carboxylic acids is 2. The highest BCUT2D eigenvalue weighted by Gasteiger charge is 2.36. The molecule has 0 bridgehead atoms. The normalized spacial score (nSPS) is 18.2. The summed E-state index contributed by atoms with van der Waals surface area (Å²) < 4.78 is 10.1. The molecule has 0 radical (unpaired) electrons. The van der Waals surface area contributed by atoms with Crippen molar-refractivity contribution in [3.05, 3.63) is 36.0 Å². The van der Waals surface area contributed by atoms with Gasteiger partial charge in [0.1, 0.15) is 23.8 Å². The molecule has 0 aromatic carbocycles. The second-order valence-electron chi connectivity index (χ2n) is 4.96. The quantitative estimate of drug-likeness (QED) is 0.925. The molecule has 7 heteroatoms. The number of furan rings is 1. The first kappa shape index (κ1) is 13.4. The Morgan fingerprint density at radius 3 is 3.00 bits per heavy atom. The fourth-order valence-electron chi connectivity index (χ4n) is 2.43. The van der Waals surface area contributed by atoms with Crippen LogP contribution in [0.25, 0.3) is 0 Å². The summed E-state index contributed by atoms with van der Waals surface area (Å²) >= 11 is 0. The van der Waals surface area contributed by atoms with E-state index in [0.717, 1.165) is 5.76 Å². The highest BCUT2D eigenvalue weighted by atomic mass is 16.5. The van der Waals surface area contributed by atoms with Crippen LogP contribution < -0.4 is 5.32 Å². The van der Waals surface area contributed by atoms with Gasteiger partial charge < -0.3 is 19.2 Å². The molecule has 7 nitrogen and oxygen atoms in total. The number of likely N-dealkylation sites (tertiary alicyclic amines) is 1. The lowest BCUT2D eigenvalue weighted by Gasteiger charge is -2.22. The molecular weight excluding hydrogens is 274 g/mol. The van der Waals surface area contributed by atoms with Gasteiger partial charge in [0.2, 0.25) is 11.8 Å². The molecule has 0 aliphatic carbocycles. The van der Waals surface area contributed by atoms with Crippen molar-refractivity contribution >= 4 is 17.6 Å². The Kier molecular flexibility index (Phi) is 3.47. The Bertz CT molecular complexity index is 647. The van der Waals surface area contributed by atoms with Gasteiger partial charge in [0, 0.05) is 12.5 Å². The van der Waals surface area contributed by atoms with Gasteiger partial charge in [-0.15, -0.1) is 0 Å². The second kappa shape index (κ2) is 5.43. The van der Waals surface area contributed by atoms with E-state index in [0.29, 0.717) is 31.0 Å². The van der Waals surface area contributed by atoms with Crippen LogP contribution in [0, 0.1) is 6.92 Å². The van der Waals surface area contributed by atoms with E-state index in [-0.39, 0.29) is 11.8 Å². The number of aryl methyl sites for hydroxylation is 1. The first-order valence-electron chi connectivity index (χ1n) is 6.69. The predicted octanol–water partition coefficient (Wildman–Crippen LogP) is 1.71. The molecular formula is C14H15N3O4. The topological polar surface area (TPSA) is 88.6 Å². The van der Waals surface area contributed by atoms with Gasteiger partial charge >= 0.3 is 0 Å². The van der Waals surface area contributed by atoms with Gasteiger partial charge in [-0.2, -0.15) is 0 Å². The highest BCUT2D eigenvalue weighted by molar-refractivity contribution is 5.98. The number of amides is 2. The van der Waals surface area contributed by atoms with Crippen molar-refractivity contribution < 1.29 is 18.5 Å². The van der Waals surface area contributed by atoms with Crippen molar-refractivity contribution in [2.24, 2.45) is 0 Å². The number of nitrogens with zero attached hydrogens (tertiary/aromatic N) is 2. The molecule has 2 amide bonds. The third kappa shape index (κ3) is 2.81. The monoisotopic (exact) mass is 289 g/mol. The average molecular weight is 289 g/mol. The molecule has 1 aliphatic heterocycles. The van der Waals surface area contributed by atoms with Crippen LogP contribution in [0.3, 0.4) is 0 Å². The Labute approximate surface area is 120 Å². The van der Waals surface area contributed by atoms with Crippen molar-refractivity contribution in [2.45, 2.75) is 32.4 Å². The molecule has 2 aromatic heterocycles. The van der Waals surface area contributed by atoms with Crippen LogP contribution in [0.1, 0.15) is 24.4 Å². The summed E-state index contributed by atoms with van der Waals surface area (Å²) in [6.07, 6.45) is 2.22. The number of anilines is 1. The second-order valence-corrected chi connectivity index (χ2v) is 4.96. The van der Waals surface area contributed by atoms with Gasteiger partial charge in [0.05, 0.1) is 6.54 Å². The van der Waals surface area contributed by atoms with Gasteiger partial charge in [0.25, 0.3) is 0 Å². The van der Waals surface area contributed by atoms with Gasteiger partial charge in [0.15, 0.2) is 5.82 Å². The Hall–Kier alpha value is -2.57. The van der Waals surface area contributed by atoms with Gasteiger partial charge in [-0.25, -0.2) is 0 Å². The van der Waals surface area contributed by atoms with E-state index < -0.39 is 6.04 Å². The molecule has 0 saturated carbocycles. The van der Waals surface area contributed by atoms with Crippen LogP contribution in [0.15, 0.2) is 33.4 Å². The molecule has 1 atom stereocenters.